The van der Waals surface area contributed by atoms with Gasteiger partial charge in [0.15, 0.2) is 0 Å². The van der Waals surface area contributed by atoms with Gasteiger partial charge in [-0.2, -0.15) is 0 Å². The van der Waals surface area contributed by atoms with Crippen molar-refractivity contribution in [2.45, 2.75) is 32.1 Å². The number of rotatable bonds is 4. The van der Waals surface area contributed by atoms with Crippen LogP contribution in [0.5, 0.6) is 0 Å². The average molecular weight is 194 g/mol. The Hall–Kier alpha value is -1.24. The summed E-state index contributed by atoms with van der Waals surface area (Å²) in [6.45, 7) is 0.892. The highest BCUT2D eigenvalue weighted by atomic mass is 16.1. The van der Waals surface area contributed by atoms with E-state index in [2.05, 4.69) is 9.98 Å². The van der Waals surface area contributed by atoms with E-state index in [1.165, 1.54) is 6.42 Å². The minimum atomic E-state index is -0.0763. The van der Waals surface area contributed by atoms with Crippen LogP contribution in [0.25, 0.3) is 0 Å². The molecule has 0 aliphatic heterocycles. The summed E-state index contributed by atoms with van der Waals surface area (Å²) in [6.07, 6.45) is 8.56. The molecule has 0 heterocycles. The van der Waals surface area contributed by atoms with Crippen LogP contribution in [0.4, 0.5) is 0 Å². The Morgan fingerprint density at radius 2 is 1.43 bits per heavy atom. The van der Waals surface area contributed by atoms with Gasteiger partial charge in [-0.25, -0.2) is 19.6 Å². The first kappa shape index (κ1) is 10.8. The third-order valence-electron chi connectivity index (χ3n) is 2.87. The second-order valence-electron chi connectivity index (χ2n) is 3.88. The maximum atomic E-state index is 10.1. The molecule has 1 aliphatic rings. The summed E-state index contributed by atoms with van der Waals surface area (Å²) in [6, 6.07) is 0. The standard InChI is InChI=1S/C10H14N2O2/c13-8-11-6-10(7-12-9-14)4-2-1-3-5-10/h1-7H2. The molecular weight excluding hydrogens is 180 g/mol. The van der Waals surface area contributed by atoms with E-state index in [9.17, 15) is 9.59 Å². The van der Waals surface area contributed by atoms with Crippen molar-refractivity contribution in [3.63, 3.8) is 0 Å². The van der Waals surface area contributed by atoms with Crippen molar-refractivity contribution in [2.24, 2.45) is 15.4 Å². The van der Waals surface area contributed by atoms with Crippen LogP contribution in [0.3, 0.4) is 0 Å². The van der Waals surface area contributed by atoms with Gasteiger partial charge < -0.3 is 0 Å². The van der Waals surface area contributed by atoms with Crippen molar-refractivity contribution in [3.05, 3.63) is 0 Å². The van der Waals surface area contributed by atoms with E-state index < -0.39 is 0 Å². The molecule has 0 N–H and O–H groups in total. The molecule has 1 aliphatic carbocycles. The minimum Gasteiger partial charge on any atom is -0.211 e. The molecular formula is C10H14N2O2. The van der Waals surface area contributed by atoms with Crippen LogP contribution in [0.2, 0.25) is 0 Å². The molecule has 14 heavy (non-hydrogen) atoms. The maximum Gasteiger partial charge on any atom is 0.234 e. The van der Waals surface area contributed by atoms with Crippen molar-refractivity contribution in [1.29, 1.82) is 0 Å². The maximum absolute atomic E-state index is 10.1. The fraction of sp³-hybridized carbons (Fsp3) is 0.800. The summed E-state index contributed by atoms with van der Waals surface area (Å²) in [5.41, 5.74) is -0.0763. The van der Waals surface area contributed by atoms with Crippen molar-refractivity contribution < 1.29 is 9.59 Å². The summed E-state index contributed by atoms with van der Waals surface area (Å²) in [5, 5.41) is 0. The Bertz CT molecular complexity index is 248. The molecule has 0 spiro atoms. The van der Waals surface area contributed by atoms with E-state index in [1.807, 2.05) is 0 Å². The highest BCUT2D eigenvalue weighted by molar-refractivity contribution is 5.34. The van der Waals surface area contributed by atoms with Crippen molar-refractivity contribution in [3.8, 4) is 0 Å². The highest BCUT2D eigenvalue weighted by Gasteiger charge is 2.31. The number of carbonyl (C=O) groups excluding carboxylic acids is 2. The largest absolute Gasteiger partial charge is 0.234 e. The van der Waals surface area contributed by atoms with Crippen LogP contribution in [0.1, 0.15) is 32.1 Å². The van der Waals surface area contributed by atoms with Crippen LogP contribution in [-0.4, -0.2) is 25.2 Å². The van der Waals surface area contributed by atoms with E-state index >= 15 is 0 Å². The molecule has 1 rings (SSSR count). The van der Waals surface area contributed by atoms with Gasteiger partial charge in [-0.15, -0.1) is 0 Å². The van der Waals surface area contributed by atoms with E-state index in [1.54, 1.807) is 12.2 Å². The van der Waals surface area contributed by atoms with Gasteiger partial charge in [-0.3, -0.25) is 0 Å². The molecule has 1 fully saturated rings. The molecule has 0 atom stereocenters. The molecule has 4 heteroatoms. The molecule has 0 aromatic rings. The quantitative estimate of drug-likeness (QED) is 0.504. The molecule has 76 valence electrons. The zero-order valence-electron chi connectivity index (χ0n) is 8.16. The Balaban J connectivity index is 2.65. The minimum absolute atomic E-state index is 0.0763. The summed E-state index contributed by atoms with van der Waals surface area (Å²) in [7, 11) is 0. The SMILES string of the molecule is O=C=NCC1(CN=C=O)CCCCC1. The first-order valence-electron chi connectivity index (χ1n) is 4.90. The van der Waals surface area contributed by atoms with Crippen LogP contribution >= 0.6 is 0 Å². The highest BCUT2D eigenvalue weighted by Crippen LogP contribution is 2.36. The van der Waals surface area contributed by atoms with E-state index in [0.29, 0.717) is 13.1 Å². The van der Waals surface area contributed by atoms with E-state index in [-0.39, 0.29) is 5.41 Å². The van der Waals surface area contributed by atoms with Crippen molar-refractivity contribution in [1.82, 2.24) is 0 Å². The summed E-state index contributed by atoms with van der Waals surface area (Å²) in [5.74, 6) is 0. The van der Waals surface area contributed by atoms with Crippen LogP contribution < -0.4 is 0 Å². The lowest BCUT2D eigenvalue weighted by Crippen LogP contribution is -2.30. The number of isocyanates is 2. The number of hydrogen-bond donors (Lipinski definition) is 0. The molecule has 0 aromatic heterocycles. The molecule has 1 saturated carbocycles. The number of nitrogens with zero attached hydrogens (tertiary/aromatic N) is 2. The molecule has 0 radical (unpaired) electrons. The van der Waals surface area contributed by atoms with Gasteiger partial charge in [0.25, 0.3) is 0 Å². The van der Waals surface area contributed by atoms with Gasteiger partial charge in [0, 0.05) is 5.41 Å². The third-order valence-corrected chi connectivity index (χ3v) is 2.87. The fourth-order valence-corrected chi connectivity index (χ4v) is 2.07. The lowest BCUT2D eigenvalue weighted by atomic mass is 9.74. The fourth-order valence-electron chi connectivity index (χ4n) is 2.07. The smallest absolute Gasteiger partial charge is 0.211 e. The topological polar surface area (TPSA) is 58.9 Å². The normalized spacial score (nSPS) is 19.1. The van der Waals surface area contributed by atoms with Gasteiger partial charge in [0.1, 0.15) is 0 Å². The van der Waals surface area contributed by atoms with Crippen LogP contribution in [0, 0.1) is 5.41 Å². The van der Waals surface area contributed by atoms with Gasteiger partial charge in [-0.1, -0.05) is 19.3 Å². The van der Waals surface area contributed by atoms with Gasteiger partial charge in [-0.05, 0) is 12.8 Å². The van der Waals surface area contributed by atoms with Crippen LogP contribution in [0.15, 0.2) is 9.98 Å². The van der Waals surface area contributed by atoms with Gasteiger partial charge >= 0.3 is 0 Å². The Morgan fingerprint density at radius 1 is 0.929 bits per heavy atom. The Morgan fingerprint density at radius 3 is 1.86 bits per heavy atom. The van der Waals surface area contributed by atoms with E-state index in [0.717, 1.165) is 25.7 Å². The van der Waals surface area contributed by atoms with Crippen molar-refractivity contribution >= 4 is 12.2 Å². The first-order chi connectivity index (χ1) is 6.83. The Kier molecular flexibility index (Phi) is 4.24. The third kappa shape index (κ3) is 2.91. The lowest BCUT2D eigenvalue weighted by Gasteiger charge is -2.33. The van der Waals surface area contributed by atoms with Gasteiger partial charge in [0.2, 0.25) is 12.2 Å². The Labute approximate surface area is 83.1 Å². The molecule has 0 amide bonds. The number of hydrogen-bond acceptors (Lipinski definition) is 4. The van der Waals surface area contributed by atoms with Crippen LogP contribution in [-0.2, 0) is 9.59 Å². The van der Waals surface area contributed by atoms with E-state index in [4.69, 9.17) is 0 Å². The molecule has 0 saturated heterocycles. The lowest BCUT2D eigenvalue weighted by molar-refractivity contribution is 0.210. The zero-order chi connectivity index (χ0) is 10.3. The second-order valence-corrected chi connectivity index (χ2v) is 3.88. The monoisotopic (exact) mass is 194 g/mol. The van der Waals surface area contributed by atoms with Crippen molar-refractivity contribution in [2.75, 3.05) is 13.1 Å². The first-order valence-corrected chi connectivity index (χ1v) is 4.90. The summed E-state index contributed by atoms with van der Waals surface area (Å²) < 4.78 is 0. The molecule has 4 nitrogen and oxygen atoms in total. The zero-order valence-corrected chi connectivity index (χ0v) is 8.16. The second kappa shape index (κ2) is 5.48. The van der Waals surface area contributed by atoms with Gasteiger partial charge in [0.05, 0.1) is 13.1 Å². The molecule has 0 aromatic carbocycles. The predicted molar refractivity (Wildman–Crippen MR) is 51.5 cm³/mol. The molecule has 0 bridgehead atoms. The summed E-state index contributed by atoms with van der Waals surface area (Å²) in [4.78, 5) is 27.4. The summed E-state index contributed by atoms with van der Waals surface area (Å²) >= 11 is 0. The molecule has 0 unspecified atom stereocenters. The number of aliphatic imine (C=N–C) groups is 2. The average Bonchev–Trinajstić information content (AvgIpc) is 2.25. The predicted octanol–water partition coefficient (Wildman–Crippen LogP) is 1.61.